The highest BCUT2D eigenvalue weighted by atomic mass is 16.6. The topological polar surface area (TPSA) is 94.4 Å². The third-order valence-electron chi connectivity index (χ3n) is 2.76. The molecule has 0 unspecified atom stereocenters. The van der Waals surface area contributed by atoms with Crippen molar-refractivity contribution < 1.29 is 14.5 Å². The van der Waals surface area contributed by atoms with Crippen molar-refractivity contribution in [2.24, 2.45) is 0 Å². The Hall–Kier alpha value is -2.96. The predicted molar refractivity (Wildman–Crippen MR) is 75.5 cm³/mol. The van der Waals surface area contributed by atoms with Gasteiger partial charge >= 0.3 is 5.69 Å². The summed E-state index contributed by atoms with van der Waals surface area (Å²) in [6, 6.07) is 7.43. The van der Waals surface area contributed by atoms with Crippen molar-refractivity contribution in [1.29, 1.82) is 0 Å². The van der Waals surface area contributed by atoms with Gasteiger partial charge in [0.1, 0.15) is 5.75 Å². The molecule has 0 saturated carbocycles. The third kappa shape index (κ3) is 3.33. The van der Waals surface area contributed by atoms with Crippen LogP contribution in [0, 0.1) is 17.0 Å². The fraction of sp³-hybridized carbons (Fsp3) is 0.143. The van der Waals surface area contributed by atoms with Crippen molar-refractivity contribution >= 4 is 11.6 Å². The number of nitrogens with one attached hydrogen (secondary N) is 1. The van der Waals surface area contributed by atoms with E-state index in [4.69, 9.17) is 4.74 Å². The van der Waals surface area contributed by atoms with Gasteiger partial charge in [-0.25, -0.2) is 0 Å². The maximum absolute atomic E-state index is 11.5. The molecule has 0 bridgehead atoms. The number of nitro benzene ring substituents is 1. The molecular weight excluding hydrogens is 274 g/mol. The van der Waals surface area contributed by atoms with E-state index in [0.29, 0.717) is 5.75 Å². The molecule has 1 heterocycles. The zero-order valence-corrected chi connectivity index (χ0v) is 11.5. The van der Waals surface area contributed by atoms with Crippen molar-refractivity contribution in [3.8, 4) is 11.5 Å². The molecule has 0 atom stereocenters. The highest BCUT2D eigenvalue weighted by Crippen LogP contribution is 2.31. The van der Waals surface area contributed by atoms with Crippen molar-refractivity contribution in [1.82, 2.24) is 10.3 Å². The number of hydrogen-bond donors (Lipinski definition) is 1. The molecule has 2 aromatic rings. The number of carbonyl (C=O) groups is 1. The van der Waals surface area contributed by atoms with Crippen LogP contribution in [0.4, 0.5) is 5.69 Å². The minimum absolute atomic E-state index is 0.0540. The number of nitrogens with zero attached hydrogens (tertiary/aromatic N) is 2. The average molecular weight is 287 g/mol. The Morgan fingerprint density at radius 1 is 1.33 bits per heavy atom. The first-order chi connectivity index (χ1) is 10.0. The van der Waals surface area contributed by atoms with E-state index >= 15 is 0 Å². The number of pyridine rings is 1. The second kappa shape index (κ2) is 6.00. The lowest BCUT2D eigenvalue weighted by Gasteiger charge is -2.07. The van der Waals surface area contributed by atoms with Crippen LogP contribution >= 0.6 is 0 Å². The number of aryl methyl sites for hydroxylation is 1. The van der Waals surface area contributed by atoms with E-state index in [1.54, 1.807) is 12.1 Å². The summed E-state index contributed by atoms with van der Waals surface area (Å²) in [6.07, 6.45) is 1.48. The summed E-state index contributed by atoms with van der Waals surface area (Å²) in [6.45, 7) is 1.82. The molecule has 0 aliphatic heterocycles. The Morgan fingerprint density at radius 2 is 2.10 bits per heavy atom. The second-order valence-electron chi connectivity index (χ2n) is 4.26. The molecule has 7 heteroatoms. The van der Waals surface area contributed by atoms with Gasteiger partial charge in [0.25, 0.3) is 5.91 Å². The Morgan fingerprint density at radius 3 is 2.67 bits per heavy atom. The van der Waals surface area contributed by atoms with Crippen LogP contribution in [0.5, 0.6) is 11.5 Å². The van der Waals surface area contributed by atoms with Crippen LogP contribution in [0.1, 0.15) is 16.1 Å². The first kappa shape index (κ1) is 14.4. The Kier molecular flexibility index (Phi) is 4.13. The number of nitro groups is 1. The SMILES string of the molecule is CNC(=O)c1ccc(Oc2ccc(C)nc2)c([N+](=O)[O-])c1. The zero-order chi connectivity index (χ0) is 15.4. The van der Waals surface area contributed by atoms with Crippen molar-refractivity contribution in [3.63, 3.8) is 0 Å². The highest BCUT2D eigenvalue weighted by molar-refractivity contribution is 5.95. The summed E-state index contributed by atoms with van der Waals surface area (Å²) >= 11 is 0. The molecule has 1 amide bonds. The van der Waals surface area contributed by atoms with E-state index in [-0.39, 0.29) is 17.0 Å². The predicted octanol–water partition coefficient (Wildman–Crippen LogP) is 2.45. The molecule has 0 aliphatic carbocycles. The molecule has 1 aromatic heterocycles. The number of aromatic nitrogens is 1. The van der Waals surface area contributed by atoms with Crippen molar-refractivity contribution in [2.45, 2.75) is 6.92 Å². The third-order valence-corrected chi connectivity index (χ3v) is 2.76. The first-order valence-electron chi connectivity index (χ1n) is 6.12. The van der Waals surface area contributed by atoms with Crippen LogP contribution in [0.25, 0.3) is 0 Å². The van der Waals surface area contributed by atoms with Gasteiger partial charge in [0.15, 0.2) is 0 Å². The molecule has 7 nitrogen and oxygen atoms in total. The molecule has 21 heavy (non-hydrogen) atoms. The second-order valence-corrected chi connectivity index (χ2v) is 4.26. The molecule has 1 aromatic carbocycles. The molecule has 0 radical (unpaired) electrons. The van der Waals surface area contributed by atoms with E-state index in [2.05, 4.69) is 10.3 Å². The number of rotatable bonds is 4. The van der Waals surface area contributed by atoms with Crippen LogP contribution in [0.2, 0.25) is 0 Å². The lowest BCUT2D eigenvalue weighted by Crippen LogP contribution is -2.17. The van der Waals surface area contributed by atoms with E-state index in [9.17, 15) is 14.9 Å². The van der Waals surface area contributed by atoms with Crippen LogP contribution in [0.15, 0.2) is 36.5 Å². The van der Waals surface area contributed by atoms with Gasteiger partial charge in [0.2, 0.25) is 5.75 Å². The van der Waals surface area contributed by atoms with Crippen LogP contribution in [0.3, 0.4) is 0 Å². The number of amides is 1. The summed E-state index contributed by atoms with van der Waals surface area (Å²) in [7, 11) is 1.45. The Bertz CT molecular complexity index is 683. The van der Waals surface area contributed by atoms with Gasteiger partial charge in [-0.3, -0.25) is 19.9 Å². The summed E-state index contributed by atoms with van der Waals surface area (Å²) in [5, 5.41) is 13.5. The normalized spacial score (nSPS) is 10.0. The van der Waals surface area contributed by atoms with Crippen LogP contribution in [-0.2, 0) is 0 Å². The minimum Gasteiger partial charge on any atom is -0.449 e. The average Bonchev–Trinajstić information content (AvgIpc) is 2.49. The summed E-state index contributed by atoms with van der Waals surface area (Å²) in [4.78, 5) is 26.1. The van der Waals surface area contributed by atoms with Crippen molar-refractivity contribution in [2.75, 3.05) is 7.05 Å². The molecule has 108 valence electrons. The number of hydrogen-bond acceptors (Lipinski definition) is 5. The summed E-state index contributed by atoms with van der Waals surface area (Å²) in [5.74, 6) is 0.0383. The molecule has 0 fully saturated rings. The first-order valence-corrected chi connectivity index (χ1v) is 6.12. The lowest BCUT2D eigenvalue weighted by molar-refractivity contribution is -0.385. The quantitative estimate of drug-likeness (QED) is 0.688. The largest absolute Gasteiger partial charge is 0.449 e. The maximum Gasteiger partial charge on any atom is 0.312 e. The fourth-order valence-electron chi connectivity index (χ4n) is 1.67. The Labute approximate surface area is 120 Å². The minimum atomic E-state index is -0.594. The fourth-order valence-corrected chi connectivity index (χ4v) is 1.67. The number of benzene rings is 1. The van der Waals surface area contributed by atoms with E-state index < -0.39 is 10.8 Å². The van der Waals surface area contributed by atoms with E-state index in [1.807, 2.05) is 6.92 Å². The van der Waals surface area contributed by atoms with Gasteiger partial charge in [0.05, 0.1) is 11.1 Å². The molecule has 0 aliphatic rings. The monoisotopic (exact) mass is 287 g/mol. The lowest BCUT2D eigenvalue weighted by atomic mass is 10.1. The van der Waals surface area contributed by atoms with Gasteiger partial charge < -0.3 is 10.1 Å². The smallest absolute Gasteiger partial charge is 0.312 e. The summed E-state index contributed by atoms with van der Waals surface area (Å²) in [5.41, 5.74) is 0.724. The Balaban J connectivity index is 2.36. The van der Waals surface area contributed by atoms with Gasteiger partial charge in [-0.2, -0.15) is 0 Å². The van der Waals surface area contributed by atoms with Gasteiger partial charge in [-0.15, -0.1) is 0 Å². The molecule has 0 saturated heterocycles. The van der Waals surface area contributed by atoms with Gasteiger partial charge in [-0.1, -0.05) is 0 Å². The van der Waals surface area contributed by atoms with Crippen LogP contribution in [-0.4, -0.2) is 22.9 Å². The van der Waals surface area contributed by atoms with Crippen LogP contribution < -0.4 is 10.1 Å². The maximum atomic E-state index is 11.5. The molecule has 0 spiro atoms. The van der Waals surface area contributed by atoms with Crippen molar-refractivity contribution in [3.05, 3.63) is 57.9 Å². The standard InChI is InChI=1S/C14H13N3O4/c1-9-3-5-11(8-16-9)21-13-6-4-10(14(18)15-2)7-12(13)17(19)20/h3-8H,1-2H3,(H,15,18). The van der Waals surface area contributed by atoms with Gasteiger partial charge in [0, 0.05) is 24.4 Å². The molecule has 2 rings (SSSR count). The van der Waals surface area contributed by atoms with E-state index in [1.165, 1.54) is 31.4 Å². The molecule has 1 N–H and O–H groups in total. The number of ether oxygens (including phenoxy) is 1. The highest BCUT2D eigenvalue weighted by Gasteiger charge is 2.19. The summed E-state index contributed by atoms with van der Waals surface area (Å²) < 4.78 is 5.46. The molecular formula is C14H13N3O4. The van der Waals surface area contributed by atoms with E-state index in [0.717, 1.165) is 5.69 Å². The number of carbonyl (C=O) groups excluding carboxylic acids is 1. The van der Waals surface area contributed by atoms with Gasteiger partial charge in [-0.05, 0) is 31.2 Å². The zero-order valence-electron chi connectivity index (χ0n) is 11.5.